The molecule has 0 amide bonds. The lowest BCUT2D eigenvalue weighted by atomic mass is 10.4. The fraction of sp³-hybridized carbons (Fsp3) is 0.167. The zero-order chi connectivity index (χ0) is 8.55. The highest BCUT2D eigenvalue weighted by Gasteiger charge is 2.09. The van der Waals surface area contributed by atoms with Crippen LogP contribution in [0, 0.1) is 0 Å². The number of nitrogens with two attached hydrogens (primary N) is 1. The van der Waals surface area contributed by atoms with E-state index in [0.29, 0.717) is 5.89 Å². The number of aromatic nitrogens is 4. The average molecular weight is 165 g/mol. The number of rotatable bonds is 1. The Hall–Kier alpha value is -1.85. The van der Waals surface area contributed by atoms with Gasteiger partial charge in [0.15, 0.2) is 0 Å². The topological polar surface area (TPSA) is 82.8 Å². The van der Waals surface area contributed by atoms with Gasteiger partial charge in [-0.2, -0.15) is 10.1 Å². The van der Waals surface area contributed by atoms with E-state index >= 15 is 0 Å². The lowest BCUT2D eigenvalue weighted by Gasteiger charge is -1.92. The Bertz CT molecular complexity index is 390. The molecule has 2 rings (SSSR count). The highest BCUT2D eigenvalue weighted by molar-refractivity contribution is 5.47. The minimum absolute atomic E-state index is 0.131. The molecule has 0 unspecified atom stereocenters. The molecule has 2 N–H and O–H groups in total. The third kappa shape index (κ3) is 0.931. The van der Waals surface area contributed by atoms with Crippen LogP contribution in [0.15, 0.2) is 16.8 Å². The molecule has 2 heterocycles. The summed E-state index contributed by atoms with van der Waals surface area (Å²) in [5.41, 5.74) is 6.04. The molecule has 6 heteroatoms. The van der Waals surface area contributed by atoms with E-state index in [1.54, 1.807) is 24.0 Å². The summed E-state index contributed by atoms with van der Waals surface area (Å²) in [5, 5.41) is 7.41. The van der Waals surface area contributed by atoms with Crippen LogP contribution in [0.2, 0.25) is 0 Å². The maximum Gasteiger partial charge on any atom is 0.277 e. The van der Waals surface area contributed by atoms with Gasteiger partial charge in [-0.1, -0.05) is 0 Å². The summed E-state index contributed by atoms with van der Waals surface area (Å²) in [6.07, 6.45) is 1.65. The Morgan fingerprint density at radius 1 is 1.58 bits per heavy atom. The molecule has 0 atom stereocenters. The molecule has 6 nitrogen and oxygen atoms in total. The van der Waals surface area contributed by atoms with Crippen molar-refractivity contribution in [2.45, 2.75) is 0 Å². The summed E-state index contributed by atoms with van der Waals surface area (Å²) in [5.74, 6) is 0.513. The van der Waals surface area contributed by atoms with Crippen molar-refractivity contribution in [3.8, 4) is 11.6 Å². The second kappa shape index (κ2) is 2.33. The first kappa shape index (κ1) is 6.84. The second-order valence-electron chi connectivity index (χ2n) is 2.30. The van der Waals surface area contributed by atoms with Gasteiger partial charge in [-0.15, -0.1) is 0 Å². The van der Waals surface area contributed by atoms with Crippen LogP contribution in [0.4, 0.5) is 5.95 Å². The maximum atomic E-state index is 5.29. The standard InChI is InChI=1S/C6H7N5O/c1-11-4(2-3-8-11)5-9-6(7)10-12-5/h2-3H,1H3,(H2,7,10). The predicted octanol–water partition coefficient (Wildman–Crippen LogP) is 0.0523. The number of aryl methyl sites for hydroxylation is 1. The maximum absolute atomic E-state index is 5.29. The molecule has 0 fully saturated rings. The highest BCUT2D eigenvalue weighted by atomic mass is 16.5. The fourth-order valence-electron chi connectivity index (χ4n) is 0.923. The molecule has 0 bridgehead atoms. The SMILES string of the molecule is Cn1nccc1-c1nc(N)no1. The minimum Gasteiger partial charge on any atom is -0.365 e. The molecule has 0 spiro atoms. The number of hydrogen-bond acceptors (Lipinski definition) is 5. The van der Waals surface area contributed by atoms with Gasteiger partial charge in [0, 0.05) is 13.2 Å². The van der Waals surface area contributed by atoms with E-state index in [-0.39, 0.29) is 5.95 Å². The first-order chi connectivity index (χ1) is 5.77. The lowest BCUT2D eigenvalue weighted by Crippen LogP contribution is -1.93. The summed E-state index contributed by atoms with van der Waals surface area (Å²) < 4.78 is 6.47. The Labute approximate surface area is 68.0 Å². The van der Waals surface area contributed by atoms with Gasteiger partial charge in [-0.25, -0.2) is 0 Å². The molecular weight excluding hydrogens is 158 g/mol. The van der Waals surface area contributed by atoms with E-state index in [1.807, 2.05) is 0 Å². The lowest BCUT2D eigenvalue weighted by molar-refractivity contribution is 0.429. The quantitative estimate of drug-likeness (QED) is 0.645. The predicted molar refractivity (Wildman–Crippen MR) is 40.9 cm³/mol. The number of hydrogen-bond donors (Lipinski definition) is 1. The van der Waals surface area contributed by atoms with Crippen molar-refractivity contribution in [2.75, 3.05) is 5.73 Å². The van der Waals surface area contributed by atoms with Crippen molar-refractivity contribution in [3.05, 3.63) is 12.3 Å². The Balaban J connectivity index is 2.50. The first-order valence-corrected chi connectivity index (χ1v) is 3.35. The van der Waals surface area contributed by atoms with Crippen molar-refractivity contribution in [2.24, 2.45) is 7.05 Å². The summed E-state index contributed by atoms with van der Waals surface area (Å²) in [6.45, 7) is 0. The minimum atomic E-state index is 0.131. The zero-order valence-corrected chi connectivity index (χ0v) is 6.43. The first-order valence-electron chi connectivity index (χ1n) is 3.35. The molecular formula is C6H7N5O. The molecule has 0 aliphatic carbocycles. The van der Waals surface area contributed by atoms with E-state index in [0.717, 1.165) is 5.69 Å². The molecule has 0 saturated heterocycles. The number of anilines is 1. The van der Waals surface area contributed by atoms with Gasteiger partial charge in [-0.3, -0.25) is 4.68 Å². The van der Waals surface area contributed by atoms with Crippen molar-refractivity contribution in [3.63, 3.8) is 0 Å². The van der Waals surface area contributed by atoms with Gasteiger partial charge in [0.05, 0.1) is 0 Å². The highest BCUT2D eigenvalue weighted by Crippen LogP contribution is 2.15. The zero-order valence-electron chi connectivity index (χ0n) is 6.43. The van der Waals surface area contributed by atoms with E-state index in [9.17, 15) is 0 Å². The van der Waals surface area contributed by atoms with E-state index in [4.69, 9.17) is 10.3 Å². The molecule has 0 aromatic carbocycles. The molecule has 0 saturated carbocycles. The van der Waals surface area contributed by atoms with Gasteiger partial charge in [0.1, 0.15) is 5.69 Å². The summed E-state index contributed by atoms with van der Waals surface area (Å²) >= 11 is 0. The molecule has 12 heavy (non-hydrogen) atoms. The van der Waals surface area contributed by atoms with Crippen LogP contribution in [-0.4, -0.2) is 19.9 Å². The van der Waals surface area contributed by atoms with Crippen LogP contribution in [0.25, 0.3) is 11.6 Å². The van der Waals surface area contributed by atoms with Crippen molar-refractivity contribution in [1.82, 2.24) is 19.9 Å². The monoisotopic (exact) mass is 165 g/mol. The van der Waals surface area contributed by atoms with Crippen LogP contribution in [0.3, 0.4) is 0 Å². The van der Waals surface area contributed by atoms with Crippen LogP contribution in [-0.2, 0) is 7.05 Å². The number of nitrogens with zero attached hydrogens (tertiary/aromatic N) is 4. The second-order valence-corrected chi connectivity index (χ2v) is 2.30. The van der Waals surface area contributed by atoms with Gasteiger partial charge in [-0.05, 0) is 11.2 Å². The van der Waals surface area contributed by atoms with Gasteiger partial charge in [0.2, 0.25) is 0 Å². The van der Waals surface area contributed by atoms with E-state index in [1.165, 1.54) is 0 Å². The van der Waals surface area contributed by atoms with Crippen molar-refractivity contribution >= 4 is 5.95 Å². The Morgan fingerprint density at radius 3 is 2.92 bits per heavy atom. The Kier molecular flexibility index (Phi) is 1.33. The fourth-order valence-corrected chi connectivity index (χ4v) is 0.923. The Morgan fingerprint density at radius 2 is 2.42 bits per heavy atom. The van der Waals surface area contributed by atoms with E-state index in [2.05, 4.69) is 15.2 Å². The smallest absolute Gasteiger partial charge is 0.277 e. The summed E-state index contributed by atoms with van der Waals surface area (Å²) in [4.78, 5) is 3.85. The molecule has 62 valence electrons. The summed E-state index contributed by atoms with van der Waals surface area (Å²) in [7, 11) is 1.79. The number of nitrogen functional groups attached to an aromatic ring is 1. The summed E-state index contributed by atoms with van der Waals surface area (Å²) in [6, 6.07) is 1.77. The van der Waals surface area contributed by atoms with Crippen LogP contribution in [0.5, 0.6) is 0 Å². The van der Waals surface area contributed by atoms with Gasteiger partial charge in [0.25, 0.3) is 11.8 Å². The van der Waals surface area contributed by atoms with Crippen molar-refractivity contribution in [1.29, 1.82) is 0 Å². The van der Waals surface area contributed by atoms with E-state index < -0.39 is 0 Å². The third-order valence-corrected chi connectivity index (χ3v) is 1.48. The molecule has 2 aromatic heterocycles. The largest absolute Gasteiger partial charge is 0.365 e. The van der Waals surface area contributed by atoms with Crippen LogP contribution < -0.4 is 5.73 Å². The van der Waals surface area contributed by atoms with Gasteiger partial charge >= 0.3 is 0 Å². The van der Waals surface area contributed by atoms with Crippen LogP contribution in [0.1, 0.15) is 0 Å². The van der Waals surface area contributed by atoms with Gasteiger partial charge < -0.3 is 10.3 Å². The molecule has 0 aliphatic heterocycles. The van der Waals surface area contributed by atoms with Crippen LogP contribution >= 0.6 is 0 Å². The normalized spacial score (nSPS) is 10.4. The molecule has 0 radical (unpaired) electrons. The molecule has 0 aliphatic rings. The van der Waals surface area contributed by atoms with Crippen molar-refractivity contribution < 1.29 is 4.52 Å². The average Bonchev–Trinajstić information content (AvgIpc) is 2.58. The third-order valence-electron chi connectivity index (χ3n) is 1.48. The molecule has 2 aromatic rings.